The summed E-state index contributed by atoms with van der Waals surface area (Å²) < 4.78 is 30.2. The van der Waals surface area contributed by atoms with Gasteiger partial charge in [0, 0.05) is 10.0 Å². The van der Waals surface area contributed by atoms with E-state index in [9.17, 15) is 8.42 Å². The molecule has 0 amide bonds. The van der Waals surface area contributed by atoms with Crippen LogP contribution in [0.15, 0.2) is 57.0 Å². The third-order valence-electron chi connectivity index (χ3n) is 2.90. The van der Waals surface area contributed by atoms with E-state index < -0.39 is 15.1 Å². The van der Waals surface area contributed by atoms with Gasteiger partial charge in [-0.25, -0.2) is 8.42 Å². The van der Waals surface area contributed by atoms with Crippen molar-refractivity contribution < 1.29 is 12.8 Å². The Labute approximate surface area is 146 Å². The summed E-state index contributed by atoms with van der Waals surface area (Å²) in [5, 5.41) is 7.78. The number of hydrogen-bond acceptors (Lipinski definition) is 5. The highest BCUT2D eigenvalue weighted by molar-refractivity contribution is 7.91. The average molecular weight is 390 g/mol. The van der Waals surface area contributed by atoms with E-state index in [0.29, 0.717) is 10.6 Å². The van der Waals surface area contributed by atoms with E-state index in [1.54, 1.807) is 18.2 Å². The summed E-state index contributed by atoms with van der Waals surface area (Å²) in [5.74, 6) is -0.0210. The Hall–Kier alpha value is -1.60. The summed E-state index contributed by atoms with van der Waals surface area (Å²) in [5.41, 5.74) is 0.385. The van der Waals surface area contributed by atoms with Crippen molar-refractivity contribution in [3.05, 3.63) is 57.5 Å². The second kappa shape index (κ2) is 6.13. The van der Waals surface area contributed by atoms with Gasteiger partial charge in [0.25, 0.3) is 9.84 Å². The number of sulfone groups is 1. The van der Waals surface area contributed by atoms with Gasteiger partial charge in [-0.3, -0.25) is 0 Å². The monoisotopic (exact) mass is 388 g/mol. The van der Waals surface area contributed by atoms with Gasteiger partial charge in [-0.15, -0.1) is 5.10 Å². The zero-order valence-corrected chi connectivity index (χ0v) is 14.3. The van der Waals surface area contributed by atoms with Gasteiger partial charge in [0.05, 0.1) is 15.5 Å². The van der Waals surface area contributed by atoms with Gasteiger partial charge in [0.15, 0.2) is 0 Å². The minimum atomic E-state index is -3.96. The van der Waals surface area contributed by atoms with Crippen LogP contribution in [0.1, 0.15) is 0 Å². The van der Waals surface area contributed by atoms with Crippen molar-refractivity contribution in [3.63, 3.8) is 0 Å². The molecule has 1 aromatic heterocycles. The summed E-state index contributed by atoms with van der Waals surface area (Å²) in [6, 6.07) is 10.4. The summed E-state index contributed by atoms with van der Waals surface area (Å²) >= 11 is 17.7. The normalized spacial score (nSPS) is 11.6. The third-order valence-corrected chi connectivity index (χ3v) is 5.19. The molecule has 118 valence electrons. The smallest absolute Gasteiger partial charge is 0.340 e. The fourth-order valence-electron chi connectivity index (χ4n) is 1.83. The van der Waals surface area contributed by atoms with E-state index in [2.05, 4.69) is 10.2 Å². The molecule has 2 aromatic carbocycles. The molecule has 23 heavy (non-hydrogen) atoms. The molecule has 3 rings (SSSR count). The first-order valence-electron chi connectivity index (χ1n) is 6.17. The lowest BCUT2D eigenvalue weighted by molar-refractivity contribution is 0.440. The largest absolute Gasteiger partial charge is 0.407 e. The lowest BCUT2D eigenvalue weighted by Gasteiger charge is -2.00. The van der Waals surface area contributed by atoms with Gasteiger partial charge in [-0.1, -0.05) is 46.0 Å². The van der Waals surface area contributed by atoms with Gasteiger partial charge >= 0.3 is 5.22 Å². The average Bonchev–Trinajstić information content (AvgIpc) is 2.97. The fourth-order valence-corrected chi connectivity index (χ4v) is 3.65. The molecular formula is C14H7Cl3N2O3S. The van der Waals surface area contributed by atoms with Crippen LogP contribution >= 0.6 is 34.8 Å². The Bertz CT molecular complexity index is 986. The molecule has 5 nitrogen and oxygen atoms in total. The summed E-state index contributed by atoms with van der Waals surface area (Å²) in [6.07, 6.45) is 0. The molecular weight excluding hydrogens is 383 g/mol. The van der Waals surface area contributed by atoms with Gasteiger partial charge in [-0.05, 0) is 36.4 Å². The molecule has 0 aliphatic rings. The maximum absolute atomic E-state index is 12.5. The Morgan fingerprint density at radius 3 is 2.35 bits per heavy atom. The minimum Gasteiger partial charge on any atom is -0.407 e. The Morgan fingerprint density at radius 2 is 1.65 bits per heavy atom. The fraction of sp³-hybridized carbons (Fsp3) is 0. The Kier molecular flexibility index (Phi) is 4.33. The van der Waals surface area contributed by atoms with E-state index >= 15 is 0 Å². The summed E-state index contributed by atoms with van der Waals surface area (Å²) in [4.78, 5) is -0.0394. The predicted molar refractivity (Wildman–Crippen MR) is 86.7 cm³/mol. The van der Waals surface area contributed by atoms with Crippen molar-refractivity contribution in [1.82, 2.24) is 10.2 Å². The van der Waals surface area contributed by atoms with Crippen LogP contribution in [-0.4, -0.2) is 18.6 Å². The van der Waals surface area contributed by atoms with Gasteiger partial charge in [0.2, 0.25) is 5.89 Å². The van der Waals surface area contributed by atoms with Crippen LogP contribution in [0.3, 0.4) is 0 Å². The molecule has 0 saturated carbocycles. The first-order chi connectivity index (χ1) is 10.9. The summed E-state index contributed by atoms with van der Waals surface area (Å²) in [7, 11) is -3.96. The zero-order chi connectivity index (χ0) is 16.6. The van der Waals surface area contributed by atoms with Crippen molar-refractivity contribution in [1.29, 1.82) is 0 Å². The van der Waals surface area contributed by atoms with Crippen LogP contribution in [0.4, 0.5) is 0 Å². The third kappa shape index (κ3) is 3.21. The molecule has 3 aromatic rings. The molecule has 9 heteroatoms. The van der Waals surface area contributed by atoms with Crippen LogP contribution in [0.25, 0.3) is 11.5 Å². The molecule has 0 aliphatic carbocycles. The van der Waals surface area contributed by atoms with Crippen molar-refractivity contribution in [2.24, 2.45) is 0 Å². The van der Waals surface area contributed by atoms with Crippen LogP contribution in [0.2, 0.25) is 15.1 Å². The van der Waals surface area contributed by atoms with E-state index in [1.807, 2.05) is 0 Å². The molecule has 0 spiro atoms. The number of aromatic nitrogens is 2. The highest BCUT2D eigenvalue weighted by Gasteiger charge is 2.26. The maximum atomic E-state index is 12.5. The SMILES string of the molecule is O=S(=O)(c1cccc(Cl)c1)c1nnc(-c2ccc(Cl)cc2Cl)o1. The topological polar surface area (TPSA) is 73.1 Å². The van der Waals surface area contributed by atoms with Crippen molar-refractivity contribution in [2.45, 2.75) is 10.1 Å². The highest BCUT2D eigenvalue weighted by Crippen LogP contribution is 2.31. The Balaban J connectivity index is 2.05. The molecule has 0 fully saturated rings. The van der Waals surface area contributed by atoms with Crippen LogP contribution in [-0.2, 0) is 9.84 Å². The first-order valence-corrected chi connectivity index (χ1v) is 8.79. The number of benzene rings is 2. The number of halogens is 3. The molecule has 0 unspecified atom stereocenters. The quantitative estimate of drug-likeness (QED) is 0.658. The maximum Gasteiger partial charge on any atom is 0.340 e. The van der Waals surface area contributed by atoms with Crippen molar-refractivity contribution in [3.8, 4) is 11.5 Å². The molecule has 0 N–H and O–H groups in total. The van der Waals surface area contributed by atoms with E-state index in [0.717, 1.165) is 0 Å². The predicted octanol–water partition coefficient (Wildman–Crippen LogP) is 4.53. The molecule has 0 bridgehead atoms. The van der Waals surface area contributed by atoms with Gasteiger partial charge in [-0.2, -0.15) is 0 Å². The number of rotatable bonds is 3. The molecule has 0 radical (unpaired) electrons. The van der Waals surface area contributed by atoms with Crippen molar-refractivity contribution in [2.75, 3.05) is 0 Å². The second-order valence-corrected chi connectivity index (χ2v) is 7.57. The second-order valence-electron chi connectivity index (χ2n) is 4.46. The van der Waals surface area contributed by atoms with Crippen LogP contribution < -0.4 is 0 Å². The minimum absolute atomic E-state index is 0.0210. The molecule has 0 saturated heterocycles. The number of hydrogen-bond donors (Lipinski definition) is 0. The van der Waals surface area contributed by atoms with E-state index in [4.69, 9.17) is 39.2 Å². The number of nitrogens with zero attached hydrogens (tertiary/aromatic N) is 2. The highest BCUT2D eigenvalue weighted by atomic mass is 35.5. The van der Waals surface area contributed by atoms with Crippen LogP contribution in [0, 0.1) is 0 Å². The molecule has 0 aliphatic heterocycles. The van der Waals surface area contributed by atoms with E-state index in [-0.39, 0.29) is 20.8 Å². The Morgan fingerprint density at radius 1 is 0.913 bits per heavy atom. The lowest BCUT2D eigenvalue weighted by atomic mass is 10.2. The molecule has 1 heterocycles. The first kappa shape index (κ1) is 16.3. The summed E-state index contributed by atoms with van der Waals surface area (Å²) in [6.45, 7) is 0. The molecule has 0 atom stereocenters. The lowest BCUT2D eigenvalue weighted by Crippen LogP contribution is -2.02. The van der Waals surface area contributed by atoms with Gasteiger partial charge in [0.1, 0.15) is 0 Å². The van der Waals surface area contributed by atoms with Crippen molar-refractivity contribution >= 4 is 44.6 Å². The standard InChI is InChI=1S/C14H7Cl3N2O3S/c15-8-2-1-3-10(6-8)23(20,21)14-19-18-13(22-14)11-5-4-9(16)7-12(11)17/h1-7H. The van der Waals surface area contributed by atoms with Crippen LogP contribution in [0.5, 0.6) is 0 Å². The van der Waals surface area contributed by atoms with Gasteiger partial charge < -0.3 is 4.42 Å². The van der Waals surface area contributed by atoms with E-state index in [1.165, 1.54) is 24.3 Å². The zero-order valence-electron chi connectivity index (χ0n) is 11.2.